The SMILES string of the molecule is N#Cc1cnc(OC2CC(c3ccc(F)cc3)CC2N2CCC[C@H](N)C2)cn1. The van der Waals surface area contributed by atoms with Crippen LogP contribution in [0.1, 0.15) is 42.9 Å². The van der Waals surface area contributed by atoms with E-state index in [0.717, 1.165) is 44.3 Å². The summed E-state index contributed by atoms with van der Waals surface area (Å²) in [7, 11) is 0. The lowest BCUT2D eigenvalue weighted by atomic mass is 9.97. The molecule has 3 unspecified atom stereocenters. The molecule has 4 atom stereocenters. The molecule has 146 valence electrons. The maximum Gasteiger partial charge on any atom is 0.232 e. The molecule has 0 radical (unpaired) electrons. The molecular formula is C21H24FN5O. The van der Waals surface area contributed by atoms with Gasteiger partial charge in [-0.15, -0.1) is 0 Å². The molecule has 1 aliphatic heterocycles. The Hall–Kier alpha value is -2.56. The van der Waals surface area contributed by atoms with Crippen molar-refractivity contribution in [1.29, 1.82) is 5.26 Å². The number of piperidine rings is 1. The van der Waals surface area contributed by atoms with Crippen LogP contribution in [0, 0.1) is 17.1 Å². The molecule has 2 N–H and O–H groups in total. The molecule has 1 saturated heterocycles. The van der Waals surface area contributed by atoms with Gasteiger partial charge in [-0.05, 0) is 55.8 Å². The van der Waals surface area contributed by atoms with Crippen molar-refractivity contribution in [3.8, 4) is 11.9 Å². The van der Waals surface area contributed by atoms with Crippen molar-refractivity contribution >= 4 is 0 Å². The zero-order valence-corrected chi connectivity index (χ0v) is 15.7. The maximum atomic E-state index is 13.3. The Kier molecular flexibility index (Phi) is 5.51. The first-order valence-corrected chi connectivity index (χ1v) is 9.76. The monoisotopic (exact) mass is 381 g/mol. The van der Waals surface area contributed by atoms with Crippen LogP contribution in [0.25, 0.3) is 0 Å². The van der Waals surface area contributed by atoms with Crippen LogP contribution in [0.15, 0.2) is 36.7 Å². The lowest BCUT2D eigenvalue weighted by molar-refractivity contribution is 0.0654. The summed E-state index contributed by atoms with van der Waals surface area (Å²) in [6.45, 7) is 1.87. The quantitative estimate of drug-likeness (QED) is 0.876. The van der Waals surface area contributed by atoms with Crippen LogP contribution in [0.2, 0.25) is 0 Å². The van der Waals surface area contributed by atoms with Crippen LogP contribution >= 0.6 is 0 Å². The van der Waals surface area contributed by atoms with Crippen molar-refractivity contribution in [1.82, 2.24) is 14.9 Å². The minimum absolute atomic E-state index is 0.0532. The Morgan fingerprint density at radius 1 is 1.18 bits per heavy atom. The summed E-state index contributed by atoms with van der Waals surface area (Å²) in [6, 6.07) is 9.13. The zero-order valence-electron chi connectivity index (χ0n) is 15.7. The normalized spacial score (nSPS) is 28.0. The Morgan fingerprint density at radius 2 is 2.00 bits per heavy atom. The van der Waals surface area contributed by atoms with Gasteiger partial charge in [-0.3, -0.25) is 4.90 Å². The highest BCUT2D eigenvalue weighted by Gasteiger charge is 2.41. The summed E-state index contributed by atoms with van der Waals surface area (Å²) >= 11 is 0. The van der Waals surface area contributed by atoms with E-state index in [-0.39, 0.29) is 29.7 Å². The number of nitrogens with two attached hydrogens (primary N) is 1. The number of likely N-dealkylation sites (tertiary alicyclic amines) is 1. The second-order valence-corrected chi connectivity index (χ2v) is 7.69. The predicted molar refractivity (Wildman–Crippen MR) is 102 cm³/mol. The van der Waals surface area contributed by atoms with Gasteiger partial charge in [-0.25, -0.2) is 14.4 Å². The molecule has 2 aromatic rings. The molecule has 1 saturated carbocycles. The predicted octanol–water partition coefficient (Wildman–Crippen LogP) is 2.60. The number of nitriles is 1. The number of aromatic nitrogens is 2. The van der Waals surface area contributed by atoms with E-state index < -0.39 is 0 Å². The highest BCUT2D eigenvalue weighted by atomic mass is 19.1. The summed E-state index contributed by atoms with van der Waals surface area (Å²) in [6.07, 6.45) is 6.77. The molecule has 2 aliphatic rings. The van der Waals surface area contributed by atoms with Crippen molar-refractivity contribution in [2.24, 2.45) is 5.73 Å². The molecule has 1 aromatic carbocycles. The van der Waals surface area contributed by atoms with Gasteiger partial charge in [0.1, 0.15) is 18.0 Å². The van der Waals surface area contributed by atoms with E-state index >= 15 is 0 Å². The van der Waals surface area contributed by atoms with Gasteiger partial charge in [0.15, 0.2) is 5.69 Å². The number of ether oxygens (including phenoxy) is 1. The zero-order chi connectivity index (χ0) is 19.5. The van der Waals surface area contributed by atoms with E-state index in [4.69, 9.17) is 15.7 Å². The van der Waals surface area contributed by atoms with E-state index in [1.807, 2.05) is 18.2 Å². The highest BCUT2D eigenvalue weighted by Crippen LogP contribution is 2.39. The van der Waals surface area contributed by atoms with Gasteiger partial charge in [-0.1, -0.05) is 12.1 Å². The van der Waals surface area contributed by atoms with Crippen LogP contribution in [0.3, 0.4) is 0 Å². The fraction of sp³-hybridized carbons (Fsp3) is 0.476. The molecule has 28 heavy (non-hydrogen) atoms. The van der Waals surface area contributed by atoms with Crippen LogP contribution in [-0.2, 0) is 0 Å². The Balaban J connectivity index is 1.54. The van der Waals surface area contributed by atoms with Crippen LogP contribution in [0.4, 0.5) is 4.39 Å². The topological polar surface area (TPSA) is 88.1 Å². The molecule has 1 aromatic heterocycles. The average molecular weight is 381 g/mol. The first-order chi connectivity index (χ1) is 13.6. The van der Waals surface area contributed by atoms with Crippen molar-refractivity contribution in [3.05, 3.63) is 53.7 Å². The van der Waals surface area contributed by atoms with Crippen molar-refractivity contribution in [2.45, 2.75) is 49.8 Å². The fourth-order valence-electron chi connectivity index (χ4n) is 4.43. The third-order valence-corrected chi connectivity index (χ3v) is 5.79. The number of halogens is 1. The molecule has 7 heteroatoms. The fourth-order valence-corrected chi connectivity index (χ4v) is 4.43. The minimum atomic E-state index is -0.221. The van der Waals surface area contributed by atoms with E-state index in [0.29, 0.717) is 11.8 Å². The summed E-state index contributed by atoms with van der Waals surface area (Å²) in [4.78, 5) is 10.7. The molecule has 4 rings (SSSR count). The molecule has 0 spiro atoms. The Bertz CT molecular complexity index is 835. The first-order valence-electron chi connectivity index (χ1n) is 9.76. The molecule has 2 fully saturated rings. The molecule has 0 amide bonds. The molecule has 6 nitrogen and oxygen atoms in total. The lowest BCUT2D eigenvalue weighted by Gasteiger charge is -2.37. The molecule has 1 aliphatic carbocycles. The summed E-state index contributed by atoms with van der Waals surface area (Å²) < 4.78 is 19.5. The van der Waals surface area contributed by atoms with E-state index in [9.17, 15) is 4.39 Å². The lowest BCUT2D eigenvalue weighted by Crippen LogP contribution is -2.51. The maximum absolute atomic E-state index is 13.3. The van der Waals surface area contributed by atoms with Crippen LogP contribution < -0.4 is 10.5 Å². The van der Waals surface area contributed by atoms with E-state index in [2.05, 4.69) is 14.9 Å². The van der Waals surface area contributed by atoms with Crippen molar-refractivity contribution in [2.75, 3.05) is 13.1 Å². The number of rotatable bonds is 4. The van der Waals surface area contributed by atoms with Crippen molar-refractivity contribution in [3.63, 3.8) is 0 Å². The summed E-state index contributed by atoms with van der Waals surface area (Å²) in [5.41, 5.74) is 7.60. The number of hydrogen-bond acceptors (Lipinski definition) is 6. The van der Waals surface area contributed by atoms with Gasteiger partial charge < -0.3 is 10.5 Å². The van der Waals surface area contributed by atoms with Gasteiger partial charge in [0, 0.05) is 18.6 Å². The number of benzene rings is 1. The van der Waals surface area contributed by atoms with Crippen LogP contribution in [0.5, 0.6) is 5.88 Å². The van der Waals surface area contributed by atoms with Gasteiger partial charge in [-0.2, -0.15) is 5.26 Å². The highest BCUT2D eigenvalue weighted by molar-refractivity contribution is 5.24. The third-order valence-electron chi connectivity index (χ3n) is 5.79. The van der Waals surface area contributed by atoms with Crippen LogP contribution in [-0.4, -0.2) is 46.1 Å². The average Bonchev–Trinajstić information content (AvgIpc) is 3.13. The summed E-state index contributed by atoms with van der Waals surface area (Å²) in [5.74, 6) is 0.496. The Labute approximate surface area is 164 Å². The van der Waals surface area contributed by atoms with Gasteiger partial charge in [0.25, 0.3) is 0 Å². The van der Waals surface area contributed by atoms with E-state index in [1.54, 1.807) is 0 Å². The second kappa shape index (κ2) is 8.21. The number of nitrogens with zero attached hydrogens (tertiary/aromatic N) is 4. The minimum Gasteiger partial charge on any atom is -0.472 e. The van der Waals surface area contributed by atoms with Gasteiger partial charge in [0.2, 0.25) is 5.88 Å². The van der Waals surface area contributed by atoms with Crippen molar-refractivity contribution < 1.29 is 9.13 Å². The van der Waals surface area contributed by atoms with Gasteiger partial charge >= 0.3 is 0 Å². The third kappa shape index (κ3) is 4.13. The number of hydrogen-bond donors (Lipinski definition) is 1. The second-order valence-electron chi connectivity index (χ2n) is 7.69. The molecular weight excluding hydrogens is 357 g/mol. The Morgan fingerprint density at radius 3 is 2.68 bits per heavy atom. The molecule has 2 heterocycles. The summed E-state index contributed by atoms with van der Waals surface area (Å²) in [5, 5.41) is 8.89. The molecule has 0 bridgehead atoms. The largest absolute Gasteiger partial charge is 0.472 e. The smallest absolute Gasteiger partial charge is 0.232 e. The van der Waals surface area contributed by atoms with Gasteiger partial charge in [0.05, 0.1) is 12.4 Å². The first kappa shape index (κ1) is 18.8. The standard InChI is InChI=1S/C21H24FN5O/c22-16-5-3-14(4-6-16)15-8-19(27-7-1-2-17(24)13-27)20(9-15)28-21-12-25-18(10-23)11-26-21/h3-6,11-12,15,17,19-20H,1-2,7-9,13,24H2/t15?,17-,19?,20?/m0/s1. The van der Waals surface area contributed by atoms with E-state index in [1.165, 1.54) is 24.5 Å².